The Labute approximate surface area is 103 Å². The molecule has 1 rings (SSSR count). The molecule has 0 fully saturated rings. The molecule has 0 bridgehead atoms. The second-order valence-electron chi connectivity index (χ2n) is 4.93. The molecule has 0 aliphatic carbocycles. The number of hydrogen-bond acceptors (Lipinski definition) is 3. The molecule has 0 atom stereocenters. The Kier molecular flexibility index (Phi) is 4.70. The summed E-state index contributed by atoms with van der Waals surface area (Å²) in [6.07, 6.45) is 0.347. The van der Waals surface area contributed by atoms with Crippen molar-refractivity contribution in [3.8, 4) is 5.75 Å². The lowest BCUT2D eigenvalue weighted by atomic mass is 10.1. The van der Waals surface area contributed by atoms with Crippen LogP contribution in [0.25, 0.3) is 0 Å². The third-order valence-corrected chi connectivity index (χ3v) is 2.25. The number of methoxy groups -OCH3 is 1. The smallest absolute Gasteiger partial charge is 0.162 e. The molecule has 0 N–H and O–H groups in total. The second-order valence-corrected chi connectivity index (χ2v) is 4.93. The van der Waals surface area contributed by atoms with Gasteiger partial charge in [0, 0.05) is 12.0 Å². The number of carbonyl (C=O) groups excluding carboxylic acids is 1. The van der Waals surface area contributed by atoms with Crippen LogP contribution in [0.15, 0.2) is 24.3 Å². The number of benzene rings is 1. The summed E-state index contributed by atoms with van der Waals surface area (Å²) in [5, 5.41) is 0. The van der Waals surface area contributed by atoms with E-state index in [2.05, 4.69) is 0 Å². The molecular weight excluding hydrogens is 216 g/mol. The van der Waals surface area contributed by atoms with Gasteiger partial charge < -0.3 is 9.47 Å². The summed E-state index contributed by atoms with van der Waals surface area (Å²) in [7, 11) is 1.61. The number of ketones is 1. The molecule has 0 spiro atoms. The Morgan fingerprint density at radius 3 is 2.47 bits per heavy atom. The van der Waals surface area contributed by atoms with Gasteiger partial charge in [0.05, 0.1) is 12.7 Å². The summed E-state index contributed by atoms with van der Waals surface area (Å²) in [6, 6.07) is 7.54. The molecule has 3 nitrogen and oxygen atoms in total. The van der Waals surface area contributed by atoms with Crippen molar-refractivity contribution in [3.63, 3.8) is 0 Å². The van der Waals surface area contributed by atoms with Crippen molar-refractivity contribution in [1.82, 2.24) is 0 Å². The fraction of sp³-hybridized carbons (Fsp3) is 0.500. The van der Waals surface area contributed by atoms with Crippen LogP contribution >= 0.6 is 0 Å². The number of para-hydroxylation sites is 1. The molecule has 0 heterocycles. The molecule has 1 aromatic rings. The lowest BCUT2D eigenvalue weighted by Crippen LogP contribution is -2.24. The van der Waals surface area contributed by atoms with Crippen LogP contribution in [0.5, 0.6) is 5.75 Å². The van der Waals surface area contributed by atoms with E-state index in [1.165, 1.54) is 0 Å². The standard InChI is InChI=1S/C14H20O3/c1-14(2,3)17-10-12(15)9-11-7-5-6-8-13(11)16-4/h5-8H,9-10H2,1-4H3. The van der Waals surface area contributed by atoms with Gasteiger partial charge in [0.1, 0.15) is 12.4 Å². The van der Waals surface area contributed by atoms with Crippen LogP contribution in [0, 0.1) is 0 Å². The maximum atomic E-state index is 11.7. The molecule has 0 aromatic heterocycles. The van der Waals surface area contributed by atoms with Crippen molar-refractivity contribution in [2.75, 3.05) is 13.7 Å². The van der Waals surface area contributed by atoms with Crippen LogP contribution in [-0.2, 0) is 16.0 Å². The van der Waals surface area contributed by atoms with Crippen LogP contribution in [0.4, 0.5) is 0 Å². The highest BCUT2D eigenvalue weighted by molar-refractivity contribution is 5.82. The van der Waals surface area contributed by atoms with Crippen molar-refractivity contribution in [3.05, 3.63) is 29.8 Å². The first-order valence-corrected chi connectivity index (χ1v) is 5.70. The normalized spacial score (nSPS) is 11.3. The highest BCUT2D eigenvalue weighted by atomic mass is 16.5. The number of hydrogen-bond donors (Lipinski definition) is 0. The van der Waals surface area contributed by atoms with E-state index < -0.39 is 0 Å². The third-order valence-electron chi connectivity index (χ3n) is 2.25. The molecule has 0 aliphatic heterocycles. The molecule has 94 valence electrons. The van der Waals surface area contributed by atoms with Gasteiger partial charge in [0.25, 0.3) is 0 Å². The molecule has 1 aromatic carbocycles. The molecular formula is C14H20O3. The van der Waals surface area contributed by atoms with E-state index in [9.17, 15) is 4.79 Å². The molecule has 0 amide bonds. The molecule has 0 radical (unpaired) electrons. The third kappa shape index (κ3) is 5.00. The van der Waals surface area contributed by atoms with E-state index in [-0.39, 0.29) is 18.0 Å². The van der Waals surface area contributed by atoms with E-state index in [4.69, 9.17) is 9.47 Å². The van der Waals surface area contributed by atoms with Crippen molar-refractivity contribution in [2.24, 2.45) is 0 Å². The van der Waals surface area contributed by atoms with Gasteiger partial charge in [-0.15, -0.1) is 0 Å². The van der Waals surface area contributed by atoms with Crippen molar-refractivity contribution < 1.29 is 14.3 Å². The van der Waals surface area contributed by atoms with E-state index in [0.29, 0.717) is 6.42 Å². The van der Waals surface area contributed by atoms with Crippen LogP contribution in [-0.4, -0.2) is 25.1 Å². The summed E-state index contributed by atoms with van der Waals surface area (Å²) in [5.41, 5.74) is 0.619. The van der Waals surface area contributed by atoms with Gasteiger partial charge in [0.15, 0.2) is 5.78 Å². The van der Waals surface area contributed by atoms with E-state index >= 15 is 0 Å². The fourth-order valence-electron chi connectivity index (χ4n) is 1.41. The summed E-state index contributed by atoms with van der Waals surface area (Å²) in [6.45, 7) is 5.94. The minimum absolute atomic E-state index is 0.0597. The zero-order valence-electron chi connectivity index (χ0n) is 10.9. The summed E-state index contributed by atoms with van der Waals surface area (Å²) >= 11 is 0. The Morgan fingerprint density at radius 1 is 1.24 bits per heavy atom. The number of rotatable bonds is 5. The van der Waals surface area contributed by atoms with Gasteiger partial charge in [-0.2, -0.15) is 0 Å². The van der Waals surface area contributed by atoms with Crippen LogP contribution in [0.3, 0.4) is 0 Å². The largest absolute Gasteiger partial charge is 0.496 e. The fourth-order valence-corrected chi connectivity index (χ4v) is 1.41. The molecule has 0 aliphatic rings. The number of Topliss-reactive ketones (excluding diaryl/α,β-unsaturated/α-hetero) is 1. The molecule has 17 heavy (non-hydrogen) atoms. The first-order valence-electron chi connectivity index (χ1n) is 5.70. The van der Waals surface area contributed by atoms with Crippen molar-refractivity contribution in [2.45, 2.75) is 32.8 Å². The van der Waals surface area contributed by atoms with Crippen molar-refractivity contribution >= 4 is 5.78 Å². The summed E-state index contributed by atoms with van der Waals surface area (Å²) < 4.78 is 10.6. The second kappa shape index (κ2) is 5.82. The molecule has 3 heteroatoms. The van der Waals surface area contributed by atoms with Crippen LogP contribution in [0.1, 0.15) is 26.3 Å². The topological polar surface area (TPSA) is 35.5 Å². The molecule has 0 saturated carbocycles. The van der Waals surface area contributed by atoms with Gasteiger partial charge in [-0.05, 0) is 26.8 Å². The highest BCUT2D eigenvalue weighted by Gasteiger charge is 2.14. The van der Waals surface area contributed by atoms with Gasteiger partial charge >= 0.3 is 0 Å². The van der Waals surface area contributed by atoms with E-state index in [0.717, 1.165) is 11.3 Å². The van der Waals surface area contributed by atoms with Crippen LogP contribution < -0.4 is 4.74 Å². The van der Waals surface area contributed by atoms with Gasteiger partial charge in [-0.3, -0.25) is 4.79 Å². The first kappa shape index (κ1) is 13.7. The average molecular weight is 236 g/mol. The predicted octanol–water partition coefficient (Wildman–Crippen LogP) is 2.62. The maximum Gasteiger partial charge on any atom is 0.162 e. The summed E-state index contributed by atoms with van der Waals surface area (Å²) in [4.78, 5) is 11.7. The van der Waals surface area contributed by atoms with Crippen molar-refractivity contribution in [1.29, 1.82) is 0 Å². The highest BCUT2D eigenvalue weighted by Crippen LogP contribution is 2.18. The maximum absolute atomic E-state index is 11.7. The molecule has 0 unspecified atom stereocenters. The average Bonchev–Trinajstić information content (AvgIpc) is 2.26. The minimum Gasteiger partial charge on any atom is -0.496 e. The number of ether oxygens (including phenoxy) is 2. The summed E-state index contributed by atoms with van der Waals surface area (Å²) in [5.74, 6) is 0.807. The SMILES string of the molecule is COc1ccccc1CC(=O)COC(C)(C)C. The Morgan fingerprint density at radius 2 is 1.88 bits per heavy atom. The first-order chi connectivity index (χ1) is 7.92. The quantitative estimate of drug-likeness (QED) is 0.788. The lowest BCUT2D eigenvalue weighted by Gasteiger charge is -2.18. The van der Waals surface area contributed by atoms with Gasteiger partial charge in [-0.25, -0.2) is 0 Å². The van der Waals surface area contributed by atoms with E-state index in [1.54, 1.807) is 7.11 Å². The zero-order valence-corrected chi connectivity index (χ0v) is 10.9. The minimum atomic E-state index is -0.281. The Hall–Kier alpha value is -1.35. The Balaban J connectivity index is 2.56. The van der Waals surface area contributed by atoms with Crippen LogP contribution in [0.2, 0.25) is 0 Å². The number of carbonyl (C=O) groups is 1. The molecule has 0 saturated heterocycles. The van der Waals surface area contributed by atoms with Gasteiger partial charge in [0.2, 0.25) is 0 Å². The predicted molar refractivity (Wildman–Crippen MR) is 67.4 cm³/mol. The lowest BCUT2D eigenvalue weighted by molar-refractivity contribution is -0.127. The van der Waals surface area contributed by atoms with E-state index in [1.807, 2.05) is 45.0 Å². The monoisotopic (exact) mass is 236 g/mol. The zero-order chi connectivity index (χ0) is 12.9. The Bertz CT molecular complexity index is 377. The van der Waals surface area contributed by atoms with Gasteiger partial charge in [-0.1, -0.05) is 18.2 Å².